The number of nitrogens with zero attached hydrogens (tertiary/aromatic N) is 1. The van der Waals surface area contributed by atoms with Crippen LogP contribution in [0.1, 0.15) is 66.2 Å². The summed E-state index contributed by atoms with van der Waals surface area (Å²) < 4.78 is 5.37. The minimum Gasteiger partial charge on any atom is -0.444 e. The smallest absolute Gasteiger partial charge is 0.407 e. The first kappa shape index (κ1) is 27.1. The molecule has 2 amide bonds. The number of benzene rings is 1. The van der Waals surface area contributed by atoms with Crippen molar-refractivity contribution in [1.29, 1.82) is 0 Å². The van der Waals surface area contributed by atoms with E-state index in [1.807, 2.05) is 77.9 Å². The second kappa shape index (κ2) is 11.8. The van der Waals surface area contributed by atoms with E-state index in [9.17, 15) is 9.59 Å². The van der Waals surface area contributed by atoms with E-state index in [-0.39, 0.29) is 17.9 Å². The number of alkyl carbamates (subject to hydrolysis) is 1. The van der Waals surface area contributed by atoms with Gasteiger partial charge >= 0.3 is 6.09 Å². The summed E-state index contributed by atoms with van der Waals surface area (Å²) >= 11 is 1.42. The molecule has 34 heavy (non-hydrogen) atoms. The highest BCUT2D eigenvalue weighted by molar-refractivity contribution is 7.14. The minimum atomic E-state index is -0.584. The van der Waals surface area contributed by atoms with E-state index in [2.05, 4.69) is 15.6 Å². The molecule has 2 unspecified atom stereocenters. The van der Waals surface area contributed by atoms with Crippen molar-refractivity contribution < 1.29 is 14.3 Å². The first-order chi connectivity index (χ1) is 16.0. The number of aryl methyl sites for hydroxylation is 1. The molecule has 8 heteroatoms. The first-order valence-corrected chi connectivity index (χ1v) is 12.1. The van der Waals surface area contributed by atoms with Gasteiger partial charge in [-0.3, -0.25) is 9.79 Å². The van der Waals surface area contributed by atoms with E-state index in [4.69, 9.17) is 10.5 Å². The van der Waals surface area contributed by atoms with Crippen LogP contribution in [-0.4, -0.2) is 42.9 Å². The molecule has 0 spiro atoms. The number of nitrogens with two attached hydrogens (primary N) is 1. The number of carbonyl (C=O) groups excluding carboxylic acids is 2. The number of ether oxygens (including phenoxy) is 1. The van der Waals surface area contributed by atoms with Crippen molar-refractivity contribution in [3.8, 4) is 0 Å². The van der Waals surface area contributed by atoms with Gasteiger partial charge in [-0.15, -0.1) is 11.3 Å². The third-order valence-electron chi connectivity index (χ3n) is 5.30. The molecule has 0 fully saturated rings. The summed E-state index contributed by atoms with van der Waals surface area (Å²) in [6, 6.07) is 11.4. The largest absolute Gasteiger partial charge is 0.444 e. The molecule has 2 rings (SSSR count). The fourth-order valence-electron chi connectivity index (χ4n) is 3.59. The van der Waals surface area contributed by atoms with Crippen LogP contribution in [-0.2, 0) is 4.74 Å². The Hall–Kier alpha value is -3.13. The van der Waals surface area contributed by atoms with Crippen LogP contribution in [0.4, 0.5) is 4.79 Å². The number of thiophene rings is 1. The number of rotatable bonds is 8. The number of hydrogen-bond acceptors (Lipinski definition) is 6. The molecule has 0 bridgehead atoms. The Balaban J connectivity index is 2.20. The molecule has 2 aromatic rings. The lowest BCUT2D eigenvalue weighted by Crippen LogP contribution is -2.42. The van der Waals surface area contributed by atoms with E-state index in [0.29, 0.717) is 11.4 Å². The maximum atomic E-state index is 13.1. The van der Waals surface area contributed by atoms with Crippen LogP contribution in [0.15, 0.2) is 53.2 Å². The predicted molar refractivity (Wildman–Crippen MR) is 140 cm³/mol. The molecular weight excluding hydrogens is 448 g/mol. The third kappa shape index (κ3) is 7.45. The Labute approximate surface area is 206 Å². The van der Waals surface area contributed by atoms with Gasteiger partial charge < -0.3 is 21.1 Å². The summed E-state index contributed by atoms with van der Waals surface area (Å²) in [5, 5.41) is 5.95. The van der Waals surface area contributed by atoms with Crippen molar-refractivity contribution in [3.05, 3.63) is 69.1 Å². The van der Waals surface area contributed by atoms with Gasteiger partial charge in [-0.2, -0.15) is 0 Å². The fraction of sp³-hybridized carbons (Fsp3) is 0.423. The van der Waals surface area contributed by atoms with E-state index in [1.165, 1.54) is 17.5 Å². The van der Waals surface area contributed by atoms with Crippen molar-refractivity contribution in [2.45, 2.75) is 59.1 Å². The van der Waals surface area contributed by atoms with Crippen LogP contribution in [0.25, 0.3) is 0 Å². The summed E-state index contributed by atoms with van der Waals surface area (Å²) in [7, 11) is 1.71. The fourth-order valence-corrected chi connectivity index (χ4v) is 4.51. The highest BCUT2D eigenvalue weighted by Crippen LogP contribution is 2.26. The molecular formula is C26H36N4O3S. The minimum absolute atomic E-state index is 0.145. The number of hydrogen-bond donors (Lipinski definition) is 3. The molecule has 4 N–H and O–H groups in total. The van der Waals surface area contributed by atoms with Crippen molar-refractivity contribution in [1.82, 2.24) is 10.6 Å². The predicted octanol–water partition coefficient (Wildman–Crippen LogP) is 4.76. The van der Waals surface area contributed by atoms with Gasteiger partial charge in [-0.25, -0.2) is 4.79 Å². The van der Waals surface area contributed by atoms with Crippen LogP contribution >= 0.6 is 11.3 Å². The zero-order valence-electron chi connectivity index (χ0n) is 21.1. The van der Waals surface area contributed by atoms with E-state index in [0.717, 1.165) is 27.3 Å². The van der Waals surface area contributed by atoms with Gasteiger partial charge in [-0.05, 0) is 64.9 Å². The molecule has 0 radical (unpaired) electrons. The van der Waals surface area contributed by atoms with Gasteiger partial charge in [0, 0.05) is 36.0 Å². The summed E-state index contributed by atoms with van der Waals surface area (Å²) in [6.45, 7) is 11.6. The van der Waals surface area contributed by atoms with E-state index < -0.39 is 11.7 Å². The van der Waals surface area contributed by atoms with Crippen molar-refractivity contribution in [2.24, 2.45) is 10.7 Å². The Kier molecular flexibility index (Phi) is 9.44. The number of nitrogens with one attached hydrogen (secondary N) is 2. The number of aliphatic imine (C=N–C) groups is 1. The Morgan fingerprint density at radius 2 is 1.88 bits per heavy atom. The molecule has 0 aliphatic carbocycles. The third-order valence-corrected chi connectivity index (χ3v) is 6.35. The molecule has 0 saturated heterocycles. The Bertz CT molecular complexity index is 1050. The molecule has 0 saturated carbocycles. The molecule has 0 aliphatic heterocycles. The van der Waals surface area contributed by atoms with Gasteiger partial charge in [-0.1, -0.05) is 30.3 Å². The number of allylic oxidation sites excluding steroid dienone is 1. The van der Waals surface area contributed by atoms with Crippen molar-refractivity contribution in [3.63, 3.8) is 0 Å². The van der Waals surface area contributed by atoms with Crippen molar-refractivity contribution >= 4 is 29.0 Å². The average Bonchev–Trinajstić information content (AvgIpc) is 3.15. The van der Waals surface area contributed by atoms with Gasteiger partial charge in [0.1, 0.15) is 5.60 Å². The molecule has 184 valence electrons. The van der Waals surface area contributed by atoms with Crippen molar-refractivity contribution in [2.75, 3.05) is 13.6 Å². The second-order valence-electron chi connectivity index (χ2n) is 9.16. The van der Waals surface area contributed by atoms with Crippen LogP contribution in [0.3, 0.4) is 0 Å². The number of amides is 2. The average molecular weight is 485 g/mol. The van der Waals surface area contributed by atoms with E-state index in [1.54, 1.807) is 7.05 Å². The summed E-state index contributed by atoms with van der Waals surface area (Å²) in [5.74, 6) is -0.316. The number of carbonyl (C=O) groups is 2. The van der Waals surface area contributed by atoms with Gasteiger partial charge in [0.05, 0.1) is 10.6 Å². The SMILES string of the molecule is CN=C(C(C)=CN)c1cc(C(=O)NC(C)C(CNC(=O)OC(C)(C)C)c2ccccc2)sc1C. The molecule has 1 heterocycles. The molecule has 2 atom stereocenters. The summed E-state index contributed by atoms with van der Waals surface area (Å²) in [5.41, 5.74) is 8.63. The van der Waals surface area contributed by atoms with Crippen LogP contribution in [0.5, 0.6) is 0 Å². The monoisotopic (exact) mass is 484 g/mol. The topological polar surface area (TPSA) is 106 Å². The molecule has 1 aromatic heterocycles. The lowest BCUT2D eigenvalue weighted by Gasteiger charge is -2.27. The van der Waals surface area contributed by atoms with E-state index >= 15 is 0 Å². The quantitative estimate of drug-likeness (QED) is 0.470. The maximum Gasteiger partial charge on any atom is 0.407 e. The summed E-state index contributed by atoms with van der Waals surface area (Å²) in [4.78, 5) is 31.3. The second-order valence-corrected chi connectivity index (χ2v) is 10.4. The lowest BCUT2D eigenvalue weighted by atomic mass is 9.92. The van der Waals surface area contributed by atoms with Gasteiger partial charge in [0.25, 0.3) is 5.91 Å². The highest BCUT2D eigenvalue weighted by atomic mass is 32.1. The van der Waals surface area contributed by atoms with Gasteiger partial charge in [0.2, 0.25) is 0 Å². The standard InChI is InChI=1S/C26H36N4O3S/c1-16(14-27)23(28-7)20-13-22(34-18(20)3)24(31)30-17(2)21(19-11-9-8-10-12-19)15-29-25(32)33-26(4,5)6/h8-14,17,21H,15,27H2,1-7H3,(H,29,32)(H,30,31). The lowest BCUT2D eigenvalue weighted by molar-refractivity contribution is 0.0523. The normalized spacial score (nSPS) is 14.3. The van der Waals surface area contributed by atoms with Crippen LogP contribution in [0.2, 0.25) is 0 Å². The zero-order chi connectivity index (χ0) is 25.5. The molecule has 0 aliphatic rings. The Morgan fingerprint density at radius 3 is 2.44 bits per heavy atom. The van der Waals surface area contributed by atoms with Crippen LogP contribution in [0, 0.1) is 6.92 Å². The highest BCUT2D eigenvalue weighted by Gasteiger charge is 2.25. The Morgan fingerprint density at radius 1 is 1.24 bits per heavy atom. The summed E-state index contributed by atoms with van der Waals surface area (Å²) in [6.07, 6.45) is 1.03. The zero-order valence-corrected chi connectivity index (χ0v) is 21.9. The van der Waals surface area contributed by atoms with Crippen LogP contribution < -0.4 is 16.4 Å². The molecule has 1 aromatic carbocycles. The van der Waals surface area contributed by atoms with Gasteiger partial charge in [0.15, 0.2) is 0 Å². The maximum absolute atomic E-state index is 13.1. The molecule has 7 nitrogen and oxygen atoms in total. The first-order valence-electron chi connectivity index (χ1n) is 11.3.